The number of ketones is 2. The Morgan fingerprint density at radius 3 is 2.58 bits per heavy atom. The molecule has 0 heterocycles. The summed E-state index contributed by atoms with van der Waals surface area (Å²) in [4.78, 5) is 26.0. The molecule has 204 valence electrons. The van der Waals surface area contributed by atoms with Crippen molar-refractivity contribution < 1.29 is 19.4 Å². The van der Waals surface area contributed by atoms with Crippen molar-refractivity contribution in [3.63, 3.8) is 0 Å². The number of phenolic OH excluding ortho intramolecular Hbond substituents is 1. The summed E-state index contributed by atoms with van der Waals surface area (Å²) in [6.45, 7) is 6.63. The number of Topliss-reactive ketones (excluding diaryl/α,β-unsaturated/α-hetero) is 2. The summed E-state index contributed by atoms with van der Waals surface area (Å²) in [6, 6.07) is 12.0. The van der Waals surface area contributed by atoms with Crippen molar-refractivity contribution in [2.45, 2.75) is 97.3 Å². The number of rotatable bonds is 10. The molecule has 2 aromatic carbocycles. The Morgan fingerprint density at radius 1 is 1.05 bits per heavy atom. The molecule has 0 aromatic heterocycles. The molecule has 2 aromatic rings. The van der Waals surface area contributed by atoms with Crippen LogP contribution in [0, 0.1) is 23.7 Å². The van der Waals surface area contributed by atoms with E-state index in [9.17, 15) is 14.7 Å². The molecule has 0 aliphatic heterocycles. The first-order valence-corrected chi connectivity index (χ1v) is 14.3. The van der Waals surface area contributed by atoms with Gasteiger partial charge in [-0.3, -0.25) is 9.59 Å². The summed E-state index contributed by atoms with van der Waals surface area (Å²) < 4.78 is 5.40. The number of benzene rings is 2. The van der Waals surface area contributed by atoms with E-state index in [4.69, 9.17) is 4.74 Å². The average molecular weight is 517 g/mol. The molecule has 1 aliphatic carbocycles. The van der Waals surface area contributed by atoms with Gasteiger partial charge < -0.3 is 9.84 Å². The fourth-order valence-electron chi connectivity index (χ4n) is 5.27. The normalized spacial score (nSPS) is 18.2. The predicted octanol–water partition coefficient (Wildman–Crippen LogP) is 7.58. The quantitative estimate of drug-likeness (QED) is 0.201. The monoisotopic (exact) mass is 516 g/mol. The van der Waals surface area contributed by atoms with Crippen LogP contribution in [-0.4, -0.2) is 23.8 Å². The van der Waals surface area contributed by atoms with Gasteiger partial charge in [-0.25, -0.2) is 0 Å². The number of ether oxygens (including phenoxy) is 1. The van der Waals surface area contributed by atoms with E-state index >= 15 is 0 Å². The molecule has 0 bridgehead atoms. The lowest BCUT2D eigenvalue weighted by molar-refractivity contribution is -0.129. The molecule has 0 amide bonds. The van der Waals surface area contributed by atoms with Crippen LogP contribution in [-0.2, 0) is 22.4 Å². The maximum absolute atomic E-state index is 13.1. The second-order valence-corrected chi connectivity index (χ2v) is 11.0. The lowest BCUT2D eigenvalue weighted by atomic mass is 9.82. The summed E-state index contributed by atoms with van der Waals surface area (Å²) in [6.07, 6.45) is 8.38. The number of aryl methyl sites for hydroxylation is 2. The zero-order chi connectivity index (χ0) is 27.5. The van der Waals surface area contributed by atoms with Crippen LogP contribution in [0.1, 0.15) is 107 Å². The Kier molecular flexibility index (Phi) is 11.5. The highest BCUT2D eigenvalue weighted by molar-refractivity contribution is 6.00. The maximum Gasteiger partial charge on any atom is 0.160 e. The second kappa shape index (κ2) is 14.8. The van der Waals surface area contributed by atoms with Gasteiger partial charge in [-0.1, -0.05) is 76.6 Å². The Bertz CT molecular complexity index is 1150. The van der Waals surface area contributed by atoms with Crippen LogP contribution in [0.2, 0.25) is 0 Å². The van der Waals surface area contributed by atoms with Crippen LogP contribution in [0.4, 0.5) is 0 Å². The Hall–Kier alpha value is -3.06. The summed E-state index contributed by atoms with van der Waals surface area (Å²) >= 11 is 0. The van der Waals surface area contributed by atoms with Gasteiger partial charge in [0, 0.05) is 18.8 Å². The van der Waals surface area contributed by atoms with Crippen molar-refractivity contribution in [2.24, 2.45) is 11.8 Å². The van der Waals surface area contributed by atoms with Crippen molar-refractivity contribution in [3.8, 4) is 23.3 Å². The highest BCUT2D eigenvalue weighted by Crippen LogP contribution is 2.38. The number of phenols is 1. The zero-order valence-electron chi connectivity index (χ0n) is 23.6. The maximum atomic E-state index is 13.1. The number of aromatic hydroxyl groups is 1. The molecule has 0 fully saturated rings. The molecule has 0 radical (unpaired) electrons. The minimum absolute atomic E-state index is 0.0217. The highest BCUT2D eigenvalue weighted by atomic mass is 16.5. The molecule has 2 atom stereocenters. The van der Waals surface area contributed by atoms with Gasteiger partial charge in [0.05, 0.1) is 19.4 Å². The van der Waals surface area contributed by atoms with Crippen LogP contribution in [0.15, 0.2) is 36.4 Å². The minimum Gasteiger partial charge on any atom is -0.504 e. The Morgan fingerprint density at radius 2 is 1.84 bits per heavy atom. The summed E-state index contributed by atoms with van der Waals surface area (Å²) in [5.41, 5.74) is 4.21. The van der Waals surface area contributed by atoms with Gasteiger partial charge in [-0.05, 0) is 66.0 Å². The molecular formula is C34H44O4. The van der Waals surface area contributed by atoms with E-state index in [0.29, 0.717) is 24.5 Å². The minimum atomic E-state index is -0.268. The number of unbranched alkanes of at least 4 members (excludes halogenated alkanes) is 3. The third-order valence-electron chi connectivity index (χ3n) is 7.61. The third kappa shape index (κ3) is 8.22. The van der Waals surface area contributed by atoms with Crippen LogP contribution in [0.5, 0.6) is 11.5 Å². The van der Waals surface area contributed by atoms with Crippen LogP contribution < -0.4 is 4.74 Å². The molecule has 0 saturated heterocycles. The molecule has 0 spiro atoms. The summed E-state index contributed by atoms with van der Waals surface area (Å²) in [5, 5.41) is 10.8. The number of carbonyl (C=O) groups is 2. The van der Waals surface area contributed by atoms with Gasteiger partial charge in [0.15, 0.2) is 11.5 Å². The topological polar surface area (TPSA) is 63.6 Å². The molecule has 4 nitrogen and oxygen atoms in total. The highest BCUT2D eigenvalue weighted by Gasteiger charge is 2.25. The lowest BCUT2D eigenvalue weighted by Gasteiger charge is -2.22. The number of carbonyl (C=O) groups excluding carboxylic acids is 2. The van der Waals surface area contributed by atoms with E-state index in [0.717, 1.165) is 61.6 Å². The third-order valence-corrected chi connectivity index (χ3v) is 7.61. The standard InChI is InChI=1S/C34H44O4/c1-5-6-7-8-13-26-14-11-16-30(29-15-10-9-12-25(29)18-17-24(2)3)31-23-33(37)34(38-4)21-27(31)19-20-28(35)22-32(26)36/h9-10,12,15,21,23-24,26,30,37H,5-8,13-14,17-20,22H2,1-4H3. The van der Waals surface area contributed by atoms with Crippen molar-refractivity contribution >= 4 is 11.6 Å². The zero-order valence-corrected chi connectivity index (χ0v) is 23.6. The molecule has 4 heteroatoms. The van der Waals surface area contributed by atoms with E-state index in [2.05, 4.69) is 50.8 Å². The van der Waals surface area contributed by atoms with Gasteiger partial charge in [0.2, 0.25) is 0 Å². The largest absolute Gasteiger partial charge is 0.504 e. The Labute approximate surface area is 229 Å². The molecule has 2 unspecified atom stereocenters. The number of fused-ring (bicyclic) bond motifs is 1. The van der Waals surface area contributed by atoms with Crippen molar-refractivity contribution in [1.82, 2.24) is 0 Å². The fourth-order valence-corrected chi connectivity index (χ4v) is 5.27. The van der Waals surface area contributed by atoms with Gasteiger partial charge in [0.25, 0.3) is 0 Å². The van der Waals surface area contributed by atoms with Crippen LogP contribution in [0.3, 0.4) is 0 Å². The number of methoxy groups -OCH3 is 1. The molecule has 38 heavy (non-hydrogen) atoms. The first kappa shape index (κ1) is 29.5. The van der Waals surface area contributed by atoms with Gasteiger partial charge in [-0.15, -0.1) is 5.92 Å². The van der Waals surface area contributed by atoms with E-state index in [1.807, 2.05) is 12.1 Å². The smallest absolute Gasteiger partial charge is 0.160 e. The lowest BCUT2D eigenvalue weighted by Crippen LogP contribution is -2.19. The van der Waals surface area contributed by atoms with Crippen molar-refractivity contribution in [1.29, 1.82) is 0 Å². The summed E-state index contributed by atoms with van der Waals surface area (Å²) in [5.74, 6) is 7.45. The first-order chi connectivity index (χ1) is 18.3. The van der Waals surface area contributed by atoms with E-state index in [1.54, 1.807) is 6.07 Å². The van der Waals surface area contributed by atoms with Gasteiger partial charge >= 0.3 is 0 Å². The Balaban J connectivity index is 2.09. The fraction of sp³-hybridized carbons (Fsp3) is 0.529. The number of hydrogen-bond acceptors (Lipinski definition) is 4. The van der Waals surface area contributed by atoms with Crippen molar-refractivity contribution in [2.75, 3.05) is 7.11 Å². The van der Waals surface area contributed by atoms with E-state index in [1.165, 1.54) is 12.7 Å². The second-order valence-electron chi connectivity index (χ2n) is 11.0. The molecule has 3 rings (SSSR count). The van der Waals surface area contributed by atoms with Crippen molar-refractivity contribution in [3.05, 3.63) is 58.7 Å². The van der Waals surface area contributed by atoms with Crippen LogP contribution in [0.25, 0.3) is 0 Å². The predicted molar refractivity (Wildman–Crippen MR) is 154 cm³/mol. The molecular weight excluding hydrogens is 472 g/mol. The van der Waals surface area contributed by atoms with Crippen LogP contribution >= 0.6 is 0 Å². The molecule has 1 aliphatic rings. The van der Waals surface area contributed by atoms with E-state index < -0.39 is 0 Å². The number of hydrogen-bond donors (Lipinski definition) is 1. The van der Waals surface area contributed by atoms with E-state index in [-0.39, 0.29) is 42.0 Å². The SMILES string of the molecule is CCCCCCC1CC#CC(c2ccccc2CCC(C)C)c2cc(O)c(OC)cc2CCC(=O)CC1=O. The molecule has 1 N–H and O–H groups in total. The first-order valence-electron chi connectivity index (χ1n) is 14.3. The summed E-state index contributed by atoms with van der Waals surface area (Å²) in [7, 11) is 1.53. The van der Waals surface area contributed by atoms with Gasteiger partial charge in [-0.2, -0.15) is 0 Å². The van der Waals surface area contributed by atoms with Gasteiger partial charge in [0.1, 0.15) is 11.6 Å². The average Bonchev–Trinajstić information content (AvgIpc) is 2.90. The molecule has 0 saturated carbocycles.